The second kappa shape index (κ2) is 10.1. The number of likely N-dealkylation sites (tertiary alicyclic amines) is 1. The summed E-state index contributed by atoms with van der Waals surface area (Å²) in [6, 6.07) is 2.81. The SMILES string of the molecule is CCC(=O)N1CCC(n2cc(-c3cnc(N)c(OC(C)c4c(Cl)ccc(F)c4Cl)n3)cn2)CC1. The van der Waals surface area contributed by atoms with Gasteiger partial charge in [-0.3, -0.25) is 9.48 Å². The Balaban J connectivity index is 1.51. The smallest absolute Gasteiger partial charge is 0.258 e. The first-order valence-electron chi connectivity index (χ1n) is 11.0. The Labute approximate surface area is 206 Å². The Morgan fingerprint density at radius 3 is 2.74 bits per heavy atom. The summed E-state index contributed by atoms with van der Waals surface area (Å²) in [6.07, 6.45) is 6.61. The summed E-state index contributed by atoms with van der Waals surface area (Å²) in [7, 11) is 0. The van der Waals surface area contributed by atoms with Crippen LogP contribution in [0.3, 0.4) is 0 Å². The van der Waals surface area contributed by atoms with E-state index in [0.717, 1.165) is 31.5 Å². The molecule has 0 spiro atoms. The predicted octanol–water partition coefficient (Wildman–Crippen LogP) is 5.08. The van der Waals surface area contributed by atoms with Gasteiger partial charge in [0.15, 0.2) is 5.82 Å². The molecule has 1 aromatic carbocycles. The Hall–Kier alpha value is -2.91. The Kier molecular flexibility index (Phi) is 7.23. The van der Waals surface area contributed by atoms with E-state index < -0.39 is 11.9 Å². The maximum atomic E-state index is 13.9. The standard InChI is InChI=1S/C23H25Cl2FN6O2/c1-3-19(33)31-8-6-15(7-9-31)32-12-14(10-29-32)18-11-28-22(27)23(30-18)34-13(2)20-16(24)4-5-17(26)21(20)25/h4-5,10-13,15H,3,6-9H2,1-2H3,(H2,27,28). The molecular formula is C23H25Cl2FN6O2. The van der Waals surface area contributed by atoms with Crippen LogP contribution in [0.25, 0.3) is 11.3 Å². The third-order valence-corrected chi connectivity index (χ3v) is 6.65. The third-order valence-electron chi connectivity index (χ3n) is 5.93. The van der Waals surface area contributed by atoms with Gasteiger partial charge < -0.3 is 15.4 Å². The van der Waals surface area contributed by atoms with Crippen LogP contribution >= 0.6 is 23.2 Å². The number of benzene rings is 1. The molecule has 4 rings (SSSR count). The lowest BCUT2D eigenvalue weighted by Crippen LogP contribution is -2.38. The van der Waals surface area contributed by atoms with Crippen LogP contribution in [0.5, 0.6) is 5.88 Å². The van der Waals surface area contributed by atoms with Crippen LogP contribution in [-0.2, 0) is 4.79 Å². The maximum absolute atomic E-state index is 13.9. The molecule has 1 fully saturated rings. The molecule has 1 atom stereocenters. The Morgan fingerprint density at radius 2 is 2.03 bits per heavy atom. The van der Waals surface area contributed by atoms with E-state index in [2.05, 4.69) is 15.1 Å². The normalized spacial score (nSPS) is 15.4. The molecule has 1 saturated heterocycles. The van der Waals surface area contributed by atoms with Crippen molar-refractivity contribution in [3.8, 4) is 17.1 Å². The molecular weight excluding hydrogens is 482 g/mol. The summed E-state index contributed by atoms with van der Waals surface area (Å²) in [5, 5.41) is 4.65. The number of nitrogen functional groups attached to an aromatic ring is 1. The minimum Gasteiger partial charge on any atom is -0.467 e. The maximum Gasteiger partial charge on any atom is 0.258 e. The average molecular weight is 507 g/mol. The minimum atomic E-state index is -0.721. The van der Waals surface area contributed by atoms with Crippen molar-refractivity contribution in [2.75, 3.05) is 18.8 Å². The third kappa shape index (κ3) is 4.95. The number of carbonyl (C=O) groups excluding carboxylic acids is 1. The number of carbonyl (C=O) groups is 1. The predicted molar refractivity (Wildman–Crippen MR) is 128 cm³/mol. The second-order valence-electron chi connectivity index (χ2n) is 8.14. The van der Waals surface area contributed by atoms with Gasteiger partial charge in [0.1, 0.15) is 11.9 Å². The van der Waals surface area contributed by atoms with Gasteiger partial charge in [-0.1, -0.05) is 30.1 Å². The fourth-order valence-corrected chi connectivity index (χ4v) is 4.70. The van der Waals surface area contributed by atoms with E-state index in [0.29, 0.717) is 17.7 Å². The highest BCUT2D eigenvalue weighted by molar-refractivity contribution is 6.36. The first-order valence-corrected chi connectivity index (χ1v) is 11.8. The van der Waals surface area contributed by atoms with Gasteiger partial charge in [-0.05, 0) is 31.9 Å². The monoisotopic (exact) mass is 506 g/mol. The van der Waals surface area contributed by atoms with Gasteiger partial charge in [0, 0.05) is 41.9 Å². The summed E-state index contributed by atoms with van der Waals surface area (Å²) in [5.41, 5.74) is 7.56. The van der Waals surface area contributed by atoms with Crippen LogP contribution in [0.1, 0.15) is 50.8 Å². The van der Waals surface area contributed by atoms with Gasteiger partial charge >= 0.3 is 0 Å². The first-order chi connectivity index (χ1) is 16.3. The molecule has 1 aliphatic heterocycles. The molecule has 11 heteroatoms. The number of halogens is 3. The molecule has 3 aromatic rings. The van der Waals surface area contributed by atoms with Crippen LogP contribution in [0, 0.1) is 5.82 Å². The lowest BCUT2D eigenvalue weighted by atomic mass is 10.0. The van der Waals surface area contributed by atoms with Crippen LogP contribution < -0.4 is 10.5 Å². The zero-order valence-corrected chi connectivity index (χ0v) is 20.4. The Bertz CT molecular complexity index is 1200. The first kappa shape index (κ1) is 24.2. The fraction of sp³-hybridized carbons (Fsp3) is 0.391. The van der Waals surface area contributed by atoms with E-state index in [1.165, 1.54) is 12.1 Å². The van der Waals surface area contributed by atoms with Crippen molar-refractivity contribution >= 4 is 34.9 Å². The number of nitrogens with zero attached hydrogens (tertiary/aromatic N) is 5. The molecule has 8 nitrogen and oxygen atoms in total. The summed E-state index contributed by atoms with van der Waals surface area (Å²) in [6.45, 7) is 4.99. The highest BCUT2D eigenvalue weighted by Crippen LogP contribution is 2.36. The van der Waals surface area contributed by atoms with E-state index in [4.69, 9.17) is 33.7 Å². The molecule has 1 amide bonds. The number of aromatic nitrogens is 4. The number of nitrogens with two attached hydrogens (primary N) is 1. The number of ether oxygens (including phenoxy) is 1. The quantitative estimate of drug-likeness (QED) is 0.467. The number of amides is 1. The molecule has 0 aliphatic carbocycles. The van der Waals surface area contributed by atoms with Crippen molar-refractivity contribution in [3.63, 3.8) is 0 Å². The highest BCUT2D eigenvalue weighted by Gasteiger charge is 2.24. The summed E-state index contributed by atoms with van der Waals surface area (Å²) in [4.78, 5) is 22.5. The molecule has 0 bridgehead atoms. The van der Waals surface area contributed by atoms with E-state index in [-0.39, 0.29) is 33.7 Å². The lowest BCUT2D eigenvalue weighted by Gasteiger charge is -2.31. The largest absolute Gasteiger partial charge is 0.467 e. The van der Waals surface area contributed by atoms with E-state index in [1.807, 2.05) is 22.7 Å². The van der Waals surface area contributed by atoms with Crippen molar-refractivity contribution in [2.24, 2.45) is 0 Å². The van der Waals surface area contributed by atoms with Crippen LogP contribution in [0.2, 0.25) is 10.0 Å². The molecule has 0 saturated carbocycles. The van der Waals surface area contributed by atoms with Gasteiger partial charge in [-0.15, -0.1) is 0 Å². The number of rotatable bonds is 6. The molecule has 0 radical (unpaired) electrons. The minimum absolute atomic E-state index is 0.0830. The van der Waals surface area contributed by atoms with Gasteiger partial charge in [-0.2, -0.15) is 5.10 Å². The highest BCUT2D eigenvalue weighted by atomic mass is 35.5. The van der Waals surface area contributed by atoms with Gasteiger partial charge in [0.05, 0.1) is 29.2 Å². The summed E-state index contributed by atoms with van der Waals surface area (Å²) < 4.78 is 21.7. The molecule has 3 heterocycles. The molecule has 2 aromatic heterocycles. The van der Waals surface area contributed by atoms with Gasteiger partial charge in [-0.25, -0.2) is 14.4 Å². The molecule has 180 valence electrons. The summed E-state index contributed by atoms with van der Waals surface area (Å²) in [5.74, 6) is -0.249. The number of anilines is 1. The number of hydrogen-bond acceptors (Lipinski definition) is 6. The van der Waals surface area contributed by atoms with E-state index in [9.17, 15) is 9.18 Å². The van der Waals surface area contributed by atoms with E-state index in [1.54, 1.807) is 19.3 Å². The topological polar surface area (TPSA) is 99.2 Å². The number of hydrogen-bond donors (Lipinski definition) is 1. The van der Waals surface area contributed by atoms with Crippen LogP contribution in [0.4, 0.5) is 10.2 Å². The zero-order chi connectivity index (χ0) is 24.4. The average Bonchev–Trinajstić information content (AvgIpc) is 3.33. The lowest BCUT2D eigenvalue weighted by molar-refractivity contribution is -0.132. The molecule has 34 heavy (non-hydrogen) atoms. The van der Waals surface area contributed by atoms with Crippen LogP contribution in [-0.4, -0.2) is 43.6 Å². The fourth-order valence-electron chi connectivity index (χ4n) is 4.02. The molecule has 2 N–H and O–H groups in total. The second-order valence-corrected chi connectivity index (χ2v) is 8.92. The van der Waals surface area contributed by atoms with Crippen molar-refractivity contribution in [3.05, 3.63) is 52.1 Å². The van der Waals surface area contributed by atoms with Crippen molar-refractivity contribution in [1.29, 1.82) is 0 Å². The van der Waals surface area contributed by atoms with Crippen molar-refractivity contribution in [2.45, 2.75) is 45.3 Å². The van der Waals surface area contributed by atoms with E-state index >= 15 is 0 Å². The molecule has 1 unspecified atom stereocenters. The Morgan fingerprint density at radius 1 is 1.29 bits per heavy atom. The summed E-state index contributed by atoms with van der Waals surface area (Å²) >= 11 is 12.3. The van der Waals surface area contributed by atoms with Crippen molar-refractivity contribution in [1.82, 2.24) is 24.6 Å². The van der Waals surface area contributed by atoms with Crippen LogP contribution in [0.15, 0.2) is 30.7 Å². The van der Waals surface area contributed by atoms with Crippen molar-refractivity contribution < 1.29 is 13.9 Å². The molecule has 1 aliphatic rings. The number of piperidine rings is 1. The van der Waals surface area contributed by atoms with Gasteiger partial charge in [0.25, 0.3) is 5.88 Å². The zero-order valence-electron chi connectivity index (χ0n) is 18.8. The van der Waals surface area contributed by atoms with Gasteiger partial charge in [0.2, 0.25) is 5.91 Å².